The van der Waals surface area contributed by atoms with Gasteiger partial charge in [-0.2, -0.15) is 0 Å². The van der Waals surface area contributed by atoms with E-state index in [1.54, 1.807) is 24.1 Å². The molecule has 0 saturated heterocycles. The van der Waals surface area contributed by atoms with Gasteiger partial charge in [-0.05, 0) is 56.3 Å². The minimum Gasteiger partial charge on any atom is -0.325 e. The molecule has 0 spiro atoms. The monoisotopic (exact) mass is 334 g/mol. The molecule has 23 heavy (non-hydrogen) atoms. The maximum atomic E-state index is 13.8. The second-order valence-electron chi connectivity index (χ2n) is 5.80. The van der Waals surface area contributed by atoms with Crippen molar-refractivity contribution in [2.24, 2.45) is 0 Å². The summed E-state index contributed by atoms with van der Waals surface area (Å²) >= 11 is 6.01. The van der Waals surface area contributed by atoms with E-state index in [-0.39, 0.29) is 24.8 Å². The average molecular weight is 335 g/mol. The van der Waals surface area contributed by atoms with Gasteiger partial charge in [-0.1, -0.05) is 23.7 Å². The fourth-order valence-corrected chi connectivity index (χ4v) is 2.72. The van der Waals surface area contributed by atoms with Gasteiger partial charge in [-0.3, -0.25) is 9.69 Å². The number of rotatable bonds is 5. The molecule has 3 nitrogen and oxygen atoms in total. The summed E-state index contributed by atoms with van der Waals surface area (Å²) < 4.78 is 13.8. The van der Waals surface area contributed by atoms with E-state index < -0.39 is 0 Å². The Hall–Kier alpha value is -1.91. The number of likely N-dealkylation sites (N-methyl/N-ethyl adjacent to an activating group) is 1. The van der Waals surface area contributed by atoms with Crippen LogP contribution in [0.4, 0.5) is 10.1 Å². The smallest absolute Gasteiger partial charge is 0.238 e. The summed E-state index contributed by atoms with van der Waals surface area (Å²) in [7, 11) is 1.75. The standard InChI is InChI=1S/C18H20ClFN2O/c1-12-7-13(2)9-14(8-12)21-18(23)11-22(3)10-15-16(19)5-4-6-17(15)20/h4-9H,10-11H2,1-3H3,(H,21,23). The Bertz CT molecular complexity index is 678. The average Bonchev–Trinajstić information content (AvgIpc) is 2.41. The van der Waals surface area contributed by atoms with Crippen LogP contribution in [-0.2, 0) is 11.3 Å². The lowest BCUT2D eigenvalue weighted by Gasteiger charge is -2.18. The fraction of sp³-hybridized carbons (Fsp3) is 0.278. The lowest BCUT2D eigenvalue weighted by molar-refractivity contribution is -0.117. The molecule has 0 bridgehead atoms. The molecule has 0 aliphatic heterocycles. The molecule has 0 atom stereocenters. The van der Waals surface area contributed by atoms with Crippen molar-refractivity contribution in [1.82, 2.24) is 4.90 Å². The molecule has 0 aliphatic carbocycles. The van der Waals surface area contributed by atoms with Crippen LogP contribution in [0.15, 0.2) is 36.4 Å². The highest BCUT2D eigenvalue weighted by molar-refractivity contribution is 6.31. The van der Waals surface area contributed by atoms with Crippen molar-refractivity contribution in [3.8, 4) is 0 Å². The zero-order valence-corrected chi connectivity index (χ0v) is 14.2. The molecule has 122 valence electrons. The van der Waals surface area contributed by atoms with Gasteiger partial charge in [0, 0.05) is 22.8 Å². The highest BCUT2D eigenvalue weighted by atomic mass is 35.5. The van der Waals surface area contributed by atoms with Crippen LogP contribution in [0.5, 0.6) is 0 Å². The van der Waals surface area contributed by atoms with Crippen LogP contribution in [-0.4, -0.2) is 24.4 Å². The van der Waals surface area contributed by atoms with Crippen molar-refractivity contribution in [2.75, 3.05) is 18.9 Å². The van der Waals surface area contributed by atoms with Crippen LogP contribution in [0.1, 0.15) is 16.7 Å². The molecule has 0 aliphatic rings. The number of carbonyl (C=O) groups excluding carboxylic acids is 1. The molecule has 2 aromatic carbocycles. The summed E-state index contributed by atoms with van der Waals surface area (Å²) in [5.41, 5.74) is 3.35. The van der Waals surface area contributed by atoms with Gasteiger partial charge < -0.3 is 5.32 Å². The van der Waals surface area contributed by atoms with Crippen molar-refractivity contribution in [1.29, 1.82) is 0 Å². The Morgan fingerprint density at radius 2 is 1.87 bits per heavy atom. The highest BCUT2D eigenvalue weighted by Gasteiger charge is 2.12. The zero-order chi connectivity index (χ0) is 17.0. The number of anilines is 1. The Balaban J connectivity index is 1.97. The van der Waals surface area contributed by atoms with E-state index in [0.29, 0.717) is 10.6 Å². The number of hydrogen-bond donors (Lipinski definition) is 1. The quantitative estimate of drug-likeness (QED) is 0.890. The predicted molar refractivity (Wildman–Crippen MR) is 92.3 cm³/mol. The third-order valence-corrected chi connectivity index (χ3v) is 3.76. The van der Waals surface area contributed by atoms with Crippen LogP contribution < -0.4 is 5.32 Å². The van der Waals surface area contributed by atoms with Crippen LogP contribution in [0, 0.1) is 19.7 Å². The van der Waals surface area contributed by atoms with Gasteiger partial charge in [-0.15, -0.1) is 0 Å². The topological polar surface area (TPSA) is 32.3 Å². The van der Waals surface area contributed by atoms with Gasteiger partial charge in [0.1, 0.15) is 5.82 Å². The Labute approximate surface area is 141 Å². The lowest BCUT2D eigenvalue weighted by atomic mass is 10.1. The third-order valence-electron chi connectivity index (χ3n) is 3.41. The van der Waals surface area contributed by atoms with Gasteiger partial charge in [0.05, 0.1) is 6.54 Å². The lowest BCUT2D eigenvalue weighted by Crippen LogP contribution is -2.30. The molecule has 1 amide bonds. The van der Waals surface area contributed by atoms with Crippen LogP contribution >= 0.6 is 11.6 Å². The molecule has 2 aromatic rings. The zero-order valence-electron chi connectivity index (χ0n) is 13.5. The molecule has 5 heteroatoms. The number of nitrogens with one attached hydrogen (secondary N) is 1. The minimum atomic E-state index is -0.362. The first kappa shape index (κ1) is 17.4. The van der Waals surface area contributed by atoms with Crippen molar-refractivity contribution in [3.63, 3.8) is 0 Å². The molecule has 0 heterocycles. The molecule has 2 rings (SSSR count). The minimum absolute atomic E-state index is 0.148. The maximum absolute atomic E-state index is 13.8. The third kappa shape index (κ3) is 5.05. The summed E-state index contributed by atoms with van der Waals surface area (Å²) in [5, 5.41) is 3.23. The maximum Gasteiger partial charge on any atom is 0.238 e. The molecular formula is C18H20ClFN2O. The van der Waals surface area contributed by atoms with E-state index in [1.165, 1.54) is 6.07 Å². The van der Waals surface area contributed by atoms with Gasteiger partial charge >= 0.3 is 0 Å². The summed E-state index contributed by atoms with van der Waals surface area (Å²) in [6, 6.07) is 10.4. The molecule has 1 N–H and O–H groups in total. The van der Waals surface area contributed by atoms with E-state index in [0.717, 1.165) is 16.8 Å². The number of halogens is 2. The largest absolute Gasteiger partial charge is 0.325 e. The first-order valence-corrected chi connectivity index (χ1v) is 7.72. The van der Waals surface area contributed by atoms with E-state index in [9.17, 15) is 9.18 Å². The van der Waals surface area contributed by atoms with Gasteiger partial charge in [0.15, 0.2) is 0 Å². The fourth-order valence-electron chi connectivity index (χ4n) is 2.50. The number of carbonyl (C=O) groups is 1. The Morgan fingerprint density at radius 1 is 1.22 bits per heavy atom. The SMILES string of the molecule is Cc1cc(C)cc(NC(=O)CN(C)Cc2c(F)cccc2Cl)c1. The summed E-state index contributed by atoms with van der Waals surface area (Å²) in [6.07, 6.45) is 0. The second kappa shape index (κ2) is 7.57. The summed E-state index contributed by atoms with van der Waals surface area (Å²) in [5.74, 6) is -0.510. The van der Waals surface area contributed by atoms with Crippen LogP contribution in [0.3, 0.4) is 0 Å². The molecule has 0 saturated carbocycles. The van der Waals surface area contributed by atoms with Crippen molar-refractivity contribution >= 4 is 23.2 Å². The van der Waals surface area contributed by atoms with Gasteiger partial charge in [0.2, 0.25) is 5.91 Å². The Morgan fingerprint density at radius 3 is 2.48 bits per heavy atom. The van der Waals surface area contributed by atoms with Crippen molar-refractivity contribution < 1.29 is 9.18 Å². The molecule has 0 fully saturated rings. The van der Waals surface area contributed by atoms with Crippen molar-refractivity contribution in [3.05, 3.63) is 63.9 Å². The second-order valence-corrected chi connectivity index (χ2v) is 6.20. The summed E-state index contributed by atoms with van der Waals surface area (Å²) in [4.78, 5) is 13.9. The molecular weight excluding hydrogens is 315 g/mol. The van der Waals surface area contributed by atoms with E-state index >= 15 is 0 Å². The van der Waals surface area contributed by atoms with Crippen LogP contribution in [0.2, 0.25) is 5.02 Å². The predicted octanol–water partition coefficient (Wildman–Crippen LogP) is 4.17. The number of benzene rings is 2. The molecule has 0 aromatic heterocycles. The van der Waals surface area contributed by atoms with Gasteiger partial charge in [-0.25, -0.2) is 4.39 Å². The molecule has 0 unspecified atom stereocenters. The Kier molecular flexibility index (Phi) is 5.74. The number of hydrogen-bond acceptors (Lipinski definition) is 2. The van der Waals surface area contributed by atoms with E-state index in [2.05, 4.69) is 5.32 Å². The number of nitrogens with zero attached hydrogens (tertiary/aromatic N) is 1. The molecule has 0 radical (unpaired) electrons. The first-order valence-electron chi connectivity index (χ1n) is 7.34. The van der Waals surface area contributed by atoms with E-state index in [4.69, 9.17) is 11.6 Å². The summed E-state index contributed by atoms with van der Waals surface area (Å²) in [6.45, 7) is 4.38. The number of amides is 1. The van der Waals surface area contributed by atoms with Gasteiger partial charge in [0.25, 0.3) is 0 Å². The first-order chi connectivity index (χ1) is 10.8. The van der Waals surface area contributed by atoms with E-state index in [1.807, 2.05) is 32.0 Å². The highest BCUT2D eigenvalue weighted by Crippen LogP contribution is 2.20. The van der Waals surface area contributed by atoms with Crippen molar-refractivity contribution in [2.45, 2.75) is 20.4 Å². The normalized spacial score (nSPS) is 10.9. The number of aryl methyl sites for hydroxylation is 2. The van der Waals surface area contributed by atoms with Crippen LogP contribution in [0.25, 0.3) is 0 Å².